The van der Waals surface area contributed by atoms with Crippen molar-refractivity contribution in [2.75, 3.05) is 105 Å². The number of aryl methyl sites for hydroxylation is 2. The standard InChI is InChI=1S/C86H138N22O34/c109-64(87-36-16-13-25-59(81(133)134)95-85(141)97-61(83(137)138)32-34-69(114)115)28-5-1-3-7-30-66(111)91-56(78(127)128)23-10-9-21-54-74(101-102-99-54)77(126)93-55(76(125)94-58(80(131)132)24-12-18-38-89-68(113)50-104-41-43-105(51-71(118)119)45-47-107(53-73(122)123)48-46-106(44-42-104)52-72(120)121)22-11-19-39-90-75(124)63-49-108(103-100-63)40-20-15-27-57(79(129)130)92-67(112)31-8-4-2-6-29-65(110)88-37-17-14-26-60(82(135)136)96-86(142)98-62(84(139)140)33-35-70(116)117/h49,55-62H,1-48,50-53H2,(H,87,109)(H,88,110)(H,89,113)(H,90,124)(H,91,111)(H,92,112)(H,93,126)(H,94,125)(H,114,115)(H,116,117)(H,118,119)(H,120,121)(H,122,123)(H,127,128)(H,129,130)(H,131,132)(H,133,134)(H,135,136)(H,137,138)(H,139,140)(H2,95,97,141)(H2,96,98,142)(H,99,101,102)/t55?,56?,57?,58?,59-,60-,61?,62?/m0/s1. The molecule has 796 valence electrons. The van der Waals surface area contributed by atoms with Crippen LogP contribution in [0.25, 0.3) is 0 Å². The van der Waals surface area contributed by atoms with Crippen molar-refractivity contribution < 1.29 is 167 Å². The molecule has 1 fully saturated rings. The number of aromatic amines is 1. The van der Waals surface area contributed by atoms with Gasteiger partial charge < -0.3 is 125 Å². The molecule has 2 aromatic rings. The van der Waals surface area contributed by atoms with Crippen LogP contribution in [0.2, 0.25) is 0 Å². The van der Waals surface area contributed by atoms with Gasteiger partial charge in [0, 0.05) is 124 Å². The number of carbonyl (C=O) groups excluding carboxylic acids is 10. The molecule has 142 heavy (non-hydrogen) atoms. The van der Waals surface area contributed by atoms with Crippen LogP contribution >= 0.6 is 0 Å². The number of hydrogen-bond acceptors (Lipinski definition) is 30. The number of aliphatic carboxylic acids is 12. The van der Waals surface area contributed by atoms with E-state index < -0.39 is 193 Å². The molecule has 3 heterocycles. The van der Waals surface area contributed by atoms with Gasteiger partial charge in [0.25, 0.3) is 11.8 Å². The largest absolute Gasteiger partial charge is 0.481 e. The minimum Gasteiger partial charge on any atom is -0.481 e. The number of H-pyrrole nitrogens is 1. The van der Waals surface area contributed by atoms with E-state index in [9.17, 15) is 157 Å². The SMILES string of the molecule is O=C(O)CCC(NC(=O)N[C@@H](CCCCNC(=O)CCCCCCC(=O)NC(CCCCc1[nH]nnc1C(=O)NC(CCCCNC(=O)c1cn(CCCCC(NC(=O)CCCCCCC(=O)NCCCC[C@H](NC(=O)NC(CCC(=O)O)C(=O)O)C(=O)O)C(=O)O)nn1)C(=O)NC(CCCCNC(=O)CN1CCN(CC(=O)O)CCN(CC(=O)O)CCN(CC(=O)O)CC1)C(=O)O)C(=O)O)C(=O)O)C(=O)O. The van der Waals surface area contributed by atoms with Crippen molar-refractivity contribution in [3.63, 3.8) is 0 Å². The molecule has 2 aromatic heterocycles. The van der Waals surface area contributed by atoms with E-state index >= 15 is 0 Å². The zero-order valence-electron chi connectivity index (χ0n) is 79.3. The van der Waals surface area contributed by atoms with Gasteiger partial charge in [-0.2, -0.15) is 0 Å². The monoisotopic (exact) mass is 2020 g/mol. The number of aromatic nitrogens is 6. The molecule has 56 nitrogen and oxygen atoms in total. The molecule has 0 radical (unpaired) electrons. The molecule has 56 heteroatoms. The summed E-state index contributed by atoms with van der Waals surface area (Å²) in [6.45, 7) is 0.576. The van der Waals surface area contributed by atoms with E-state index in [0.29, 0.717) is 77.0 Å². The smallest absolute Gasteiger partial charge is 0.326 e. The second-order valence-electron chi connectivity index (χ2n) is 34.2. The summed E-state index contributed by atoms with van der Waals surface area (Å²) in [5.41, 5.74) is -0.182. The number of carbonyl (C=O) groups is 22. The Balaban J connectivity index is 1.56. The molecule has 8 atom stereocenters. The average molecular weight is 2020 g/mol. The number of carboxylic acid groups (broad SMARTS) is 12. The molecule has 0 aromatic carbocycles. The van der Waals surface area contributed by atoms with Crippen molar-refractivity contribution in [3.8, 4) is 0 Å². The lowest BCUT2D eigenvalue weighted by molar-refractivity contribution is -0.142. The predicted octanol–water partition coefficient (Wildman–Crippen LogP) is -2.16. The van der Waals surface area contributed by atoms with Crippen LogP contribution in [0.3, 0.4) is 0 Å². The Hall–Kier alpha value is -13.9. The molecule has 25 N–H and O–H groups in total. The number of amides is 12. The number of urea groups is 2. The summed E-state index contributed by atoms with van der Waals surface area (Å²) in [7, 11) is 0. The quantitative estimate of drug-likeness (QED) is 0.0314. The van der Waals surface area contributed by atoms with Gasteiger partial charge >= 0.3 is 83.7 Å². The lowest BCUT2D eigenvalue weighted by Gasteiger charge is -2.32. The lowest BCUT2D eigenvalue weighted by Crippen LogP contribution is -2.51. The number of carboxylic acids is 12. The summed E-state index contributed by atoms with van der Waals surface area (Å²) < 4.78 is 1.36. The average Bonchev–Trinajstić information content (AvgIpc) is 1.69. The fourth-order valence-corrected chi connectivity index (χ4v) is 14.7. The number of hydrogen-bond donors (Lipinski definition) is 25. The van der Waals surface area contributed by atoms with Crippen LogP contribution in [0.4, 0.5) is 9.59 Å². The van der Waals surface area contributed by atoms with Gasteiger partial charge in [0.2, 0.25) is 35.4 Å². The van der Waals surface area contributed by atoms with Gasteiger partial charge in [0.15, 0.2) is 11.4 Å². The third-order valence-electron chi connectivity index (χ3n) is 22.5. The Morgan fingerprint density at radius 2 is 0.606 bits per heavy atom. The maximum atomic E-state index is 14.3. The highest BCUT2D eigenvalue weighted by Crippen LogP contribution is 2.17. The third-order valence-corrected chi connectivity index (χ3v) is 22.5. The van der Waals surface area contributed by atoms with Crippen molar-refractivity contribution in [1.82, 2.24) is 114 Å². The molecule has 1 saturated heterocycles. The molecule has 0 aliphatic carbocycles. The minimum absolute atomic E-state index is 0.00794. The number of unbranched alkanes of at least 4 members (excludes halogenated alkanes) is 12. The first-order valence-corrected chi connectivity index (χ1v) is 47.3. The van der Waals surface area contributed by atoms with Crippen LogP contribution in [-0.4, -0.2) is 395 Å². The minimum atomic E-state index is -1.57. The Labute approximate surface area is 816 Å². The number of nitrogens with zero attached hydrogens (tertiary/aromatic N) is 9. The molecule has 0 saturated carbocycles. The van der Waals surface area contributed by atoms with Crippen LogP contribution in [0.5, 0.6) is 0 Å². The van der Waals surface area contributed by atoms with Gasteiger partial charge in [-0.15, -0.1) is 10.2 Å². The van der Waals surface area contributed by atoms with Crippen LogP contribution in [0.15, 0.2) is 6.20 Å². The molecular formula is C86H138N22O34. The van der Waals surface area contributed by atoms with Gasteiger partial charge in [-0.05, 0) is 154 Å². The molecule has 6 unspecified atom stereocenters. The van der Waals surface area contributed by atoms with E-state index in [-0.39, 0.29) is 262 Å². The molecular weight excluding hydrogens is 1890 g/mol. The second-order valence-corrected chi connectivity index (χ2v) is 34.2. The third kappa shape index (κ3) is 56.3. The molecule has 0 spiro atoms. The molecule has 3 rings (SSSR count). The predicted molar refractivity (Wildman–Crippen MR) is 491 cm³/mol. The van der Waals surface area contributed by atoms with E-state index in [1.165, 1.54) is 10.9 Å². The first-order chi connectivity index (χ1) is 67.5. The van der Waals surface area contributed by atoms with Crippen molar-refractivity contribution in [1.29, 1.82) is 0 Å². The van der Waals surface area contributed by atoms with Crippen LogP contribution in [-0.2, 0) is 99.3 Å². The summed E-state index contributed by atoms with van der Waals surface area (Å²) in [6, 6.07) is -13.7. The first kappa shape index (κ1) is 122. The summed E-state index contributed by atoms with van der Waals surface area (Å²) >= 11 is 0. The molecule has 1 aliphatic heterocycles. The summed E-state index contributed by atoms with van der Waals surface area (Å²) in [4.78, 5) is 277. The summed E-state index contributed by atoms with van der Waals surface area (Å²) in [5.74, 6) is -20.3. The van der Waals surface area contributed by atoms with Gasteiger partial charge in [-0.1, -0.05) is 42.5 Å². The van der Waals surface area contributed by atoms with Crippen LogP contribution in [0.1, 0.15) is 245 Å². The van der Waals surface area contributed by atoms with Crippen molar-refractivity contribution in [2.24, 2.45) is 0 Å². The fourth-order valence-electron chi connectivity index (χ4n) is 14.7. The highest BCUT2D eigenvalue weighted by molar-refractivity contribution is 5.98. The maximum Gasteiger partial charge on any atom is 0.326 e. The van der Waals surface area contributed by atoms with Crippen LogP contribution < -0.4 is 63.8 Å². The van der Waals surface area contributed by atoms with Crippen LogP contribution in [0, 0.1) is 0 Å². The number of rotatable bonds is 76. The first-order valence-electron chi connectivity index (χ1n) is 47.3. The van der Waals surface area contributed by atoms with Gasteiger partial charge in [-0.3, -0.25) is 91.7 Å². The molecule has 12 amide bonds. The second kappa shape index (κ2) is 69.8. The zero-order valence-corrected chi connectivity index (χ0v) is 79.3. The number of nitrogens with one attached hydrogen (secondary N) is 13. The van der Waals surface area contributed by atoms with Gasteiger partial charge in [0.05, 0.1) is 38.1 Å². The van der Waals surface area contributed by atoms with Gasteiger partial charge in [0.1, 0.15) is 48.3 Å². The lowest BCUT2D eigenvalue weighted by atomic mass is 10.0. The molecule has 0 bridgehead atoms. The van der Waals surface area contributed by atoms with E-state index in [0.717, 1.165) is 0 Å². The summed E-state index contributed by atoms with van der Waals surface area (Å²) in [6.07, 6.45) is 6.04. The Kier molecular flexibility index (Phi) is 60.1. The van der Waals surface area contributed by atoms with Gasteiger partial charge in [-0.25, -0.2) is 43.2 Å². The summed E-state index contributed by atoms with van der Waals surface area (Å²) in [5, 5.41) is 162. The Morgan fingerprint density at radius 1 is 0.289 bits per heavy atom. The van der Waals surface area contributed by atoms with E-state index in [1.54, 1.807) is 19.6 Å². The topological polar surface area (TPSA) is 848 Å². The van der Waals surface area contributed by atoms with E-state index in [2.05, 4.69) is 78.9 Å². The highest BCUT2D eigenvalue weighted by atomic mass is 16.4. The zero-order chi connectivity index (χ0) is 105. The Bertz CT molecular complexity index is 4410. The molecule has 1 aliphatic rings. The maximum absolute atomic E-state index is 14.3. The van der Waals surface area contributed by atoms with E-state index in [4.69, 9.17) is 10.2 Å². The fraction of sp³-hybridized carbons (Fsp3) is 0.698. The van der Waals surface area contributed by atoms with Crippen molar-refractivity contribution in [3.05, 3.63) is 23.3 Å². The van der Waals surface area contributed by atoms with E-state index in [1.807, 2.05) is 10.6 Å². The van der Waals surface area contributed by atoms with Crippen molar-refractivity contribution >= 4 is 131 Å². The Morgan fingerprint density at radius 3 is 0.972 bits per heavy atom. The normalized spacial score (nSPS) is 14.4. The highest BCUT2D eigenvalue weighted by Gasteiger charge is 2.33. The van der Waals surface area contributed by atoms with Crippen molar-refractivity contribution in [2.45, 2.75) is 280 Å².